The molecule has 26 heavy (non-hydrogen) atoms. The molecule has 4 rings (SSSR count). The monoisotopic (exact) mass is 349 g/mol. The van der Waals surface area contributed by atoms with Gasteiger partial charge in [-0.1, -0.05) is 42.5 Å². The number of rotatable bonds is 4. The second kappa shape index (κ2) is 6.79. The zero-order chi connectivity index (χ0) is 17.9. The number of carbonyl (C=O) groups is 1. The van der Waals surface area contributed by atoms with Gasteiger partial charge < -0.3 is 10.6 Å². The molecule has 6 nitrogen and oxygen atoms in total. The molecule has 1 unspecified atom stereocenters. The van der Waals surface area contributed by atoms with Gasteiger partial charge in [0.1, 0.15) is 23.9 Å². The van der Waals surface area contributed by atoms with Crippen molar-refractivity contribution in [3.63, 3.8) is 0 Å². The Labute approximate surface area is 149 Å². The summed E-state index contributed by atoms with van der Waals surface area (Å²) < 4.78 is 14.7. The lowest BCUT2D eigenvalue weighted by Crippen LogP contribution is -2.32. The Balaban J connectivity index is 1.54. The largest absolute Gasteiger partial charge is 0.347 e. The van der Waals surface area contributed by atoms with E-state index in [-0.39, 0.29) is 17.8 Å². The third-order valence-electron chi connectivity index (χ3n) is 4.16. The van der Waals surface area contributed by atoms with Crippen molar-refractivity contribution in [2.75, 3.05) is 5.32 Å². The Morgan fingerprint density at radius 1 is 1.15 bits per heavy atom. The number of fused-ring (bicyclic) bond motifs is 1. The minimum absolute atomic E-state index is 0.221. The number of hydrogen-bond acceptors (Lipinski definition) is 4. The molecule has 2 heterocycles. The van der Waals surface area contributed by atoms with E-state index < -0.39 is 0 Å². The van der Waals surface area contributed by atoms with Crippen LogP contribution in [-0.4, -0.2) is 20.7 Å². The van der Waals surface area contributed by atoms with Crippen molar-refractivity contribution in [1.29, 1.82) is 0 Å². The third kappa shape index (κ3) is 3.19. The van der Waals surface area contributed by atoms with Crippen LogP contribution in [0.2, 0.25) is 0 Å². The van der Waals surface area contributed by atoms with Gasteiger partial charge in [-0.2, -0.15) is 10.1 Å². The molecule has 0 saturated heterocycles. The molecule has 1 atom stereocenters. The Morgan fingerprint density at radius 2 is 1.92 bits per heavy atom. The first-order valence-electron chi connectivity index (χ1n) is 8.16. The van der Waals surface area contributed by atoms with Crippen LogP contribution < -0.4 is 10.6 Å². The maximum absolute atomic E-state index is 13.0. The molecule has 0 fully saturated rings. The summed E-state index contributed by atoms with van der Waals surface area (Å²) in [5, 5.41) is 10.1. The summed E-state index contributed by atoms with van der Waals surface area (Å²) in [4.78, 5) is 16.7. The summed E-state index contributed by atoms with van der Waals surface area (Å²) in [6, 6.07) is 15.6. The highest BCUT2D eigenvalue weighted by Crippen LogP contribution is 2.27. The predicted octanol–water partition coefficient (Wildman–Crippen LogP) is 2.63. The van der Waals surface area contributed by atoms with Gasteiger partial charge in [-0.05, 0) is 29.3 Å². The highest BCUT2D eigenvalue weighted by atomic mass is 19.1. The van der Waals surface area contributed by atoms with Crippen molar-refractivity contribution >= 4 is 11.9 Å². The van der Waals surface area contributed by atoms with E-state index in [0.717, 1.165) is 11.1 Å². The number of nitrogens with one attached hydrogen (secondary N) is 2. The Kier molecular flexibility index (Phi) is 4.18. The van der Waals surface area contributed by atoms with E-state index in [1.165, 1.54) is 18.5 Å². The second-order valence-electron chi connectivity index (χ2n) is 5.90. The molecule has 0 spiro atoms. The second-order valence-corrected chi connectivity index (χ2v) is 5.90. The summed E-state index contributed by atoms with van der Waals surface area (Å²) in [6.45, 7) is 0.306. The van der Waals surface area contributed by atoms with E-state index >= 15 is 0 Å². The fourth-order valence-electron chi connectivity index (χ4n) is 2.83. The predicted molar refractivity (Wildman–Crippen MR) is 94.6 cm³/mol. The van der Waals surface area contributed by atoms with Gasteiger partial charge in [0.25, 0.3) is 5.91 Å². The van der Waals surface area contributed by atoms with Crippen LogP contribution in [-0.2, 0) is 11.3 Å². The van der Waals surface area contributed by atoms with Gasteiger partial charge in [0, 0.05) is 6.54 Å². The molecule has 0 aliphatic carbocycles. The third-order valence-corrected chi connectivity index (χ3v) is 4.16. The molecule has 2 aromatic carbocycles. The number of amides is 1. The zero-order valence-electron chi connectivity index (χ0n) is 13.8. The highest BCUT2D eigenvalue weighted by Gasteiger charge is 2.25. The summed E-state index contributed by atoms with van der Waals surface area (Å²) in [6.07, 6.45) is 3.27. The van der Waals surface area contributed by atoms with E-state index in [9.17, 15) is 9.18 Å². The number of allylic oxidation sites excluding steroid dienone is 1. The first kappa shape index (κ1) is 16.0. The van der Waals surface area contributed by atoms with Crippen LogP contribution in [0.25, 0.3) is 0 Å². The summed E-state index contributed by atoms with van der Waals surface area (Å²) in [7, 11) is 0. The molecule has 1 aliphatic heterocycles. The van der Waals surface area contributed by atoms with Gasteiger partial charge in [-0.15, -0.1) is 0 Å². The topological polar surface area (TPSA) is 71.8 Å². The number of nitrogens with zero attached hydrogens (tertiary/aromatic N) is 3. The van der Waals surface area contributed by atoms with Crippen LogP contribution in [0.5, 0.6) is 0 Å². The number of carbonyl (C=O) groups excluding carboxylic acids is 1. The highest BCUT2D eigenvalue weighted by molar-refractivity contribution is 5.96. The van der Waals surface area contributed by atoms with Gasteiger partial charge in [-0.25, -0.2) is 9.07 Å². The van der Waals surface area contributed by atoms with Gasteiger partial charge in [0.15, 0.2) is 0 Å². The lowest BCUT2D eigenvalue weighted by molar-refractivity contribution is -0.117. The van der Waals surface area contributed by atoms with Gasteiger partial charge in [0.05, 0.1) is 0 Å². The van der Waals surface area contributed by atoms with Gasteiger partial charge in [0.2, 0.25) is 5.95 Å². The Hall–Kier alpha value is -3.48. The van der Waals surface area contributed by atoms with E-state index in [0.29, 0.717) is 18.2 Å². The lowest BCUT2D eigenvalue weighted by Gasteiger charge is -2.23. The Bertz CT molecular complexity index is 950. The van der Waals surface area contributed by atoms with Crippen LogP contribution in [0.4, 0.5) is 10.3 Å². The molecule has 0 bridgehead atoms. The fraction of sp³-hybridized carbons (Fsp3) is 0.105. The molecule has 3 aromatic rings. The zero-order valence-corrected chi connectivity index (χ0v) is 13.8. The molecule has 1 amide bonds. The van der Waals surface area contributed by atoms with Crippen molar-refractivity contribution in [2.45, 2.75) is 12.6 Å². The SMILES string of the molecule is O=C(NCc1ccc(F)cc1)C1=CC(c2ccccc2)n2ncnc2N1. The number of anilines is 1. The first-order valence-corrected chi connectivity index (χ1v) is 8.16. The number of aromatic nitrogens is 3. The number of hydrogen-bond donors (Lipinski definition) is 2. The molecule has 2 N–H and O–H groups in total. The van der Waals surface area contributed by atoms with Crippen molar-refractivity contribution in [1.82, 2.24) is 20.1 Å². The Morgan fingerprint density at radius 3 is 2.69 bits per heavy atom. The van der Waals surface area contributed by atoms with E-state index in [1.807, 2.05) is 36.4 Å². The summed E-state index contributed by atoms with van der Waals surface area (Å²) in [5.41, 5.74) is 2.23. The maximum atomic E-state index is 13.0. The quantitative estimate of drug-likeness (QED) is 0.760. The van der Waals surface area contributed by atoms with E-state index in [2.05, 4.69) is 20.7 Å². The van der Waals surface area contributed by atoms with Crippen molar-refractivity contribution in [3.05, 3.63) is 89.6 Å². The molecule has 7 heteroatoms. The minimum Gasteiger partial charge on any atom is -0.347 e. The van der Waals surface area contributed by atoms with Crippen LogP contribution in [0.15, 0.2) is 72.7 Å². The molecular formula is C19H16FN5O. The van der Waals surface area contributed by atoms with Crippen LogP contribution in [0, 0.1) is 5.82 Å². The van der Waals surface area contributed by atoms with Crippen LogP contribution >= 0.6 is 0 Å². The average Bonchev–Trinajstić information content (AvgIpc) is 3.16. The van der Waals surface area contributed by atoms with Gasteiger partial charge in [-0.3, -0.25) is 4.79 Å². The standard InChI is InChI=1S/C19H16FN5O/c20-15-8-6-13(7-9-15)11-21-18(26)16-10-17(14-4-2-1-3-5-14)25-19(24-16)22-12-23-25/h1-10,12,17H,11H2,(H,21,26)(H,22,23,24). The average molecular weight is 349 g/mol. The molecule has 1 aliphatic rings. The van der Waals surface area contributed by atoms with E-state index in [1.54, 1.807) is 16.8 Å². The van der Waals surface area contributed by atoms with Crippen LogP contribution in [0.3, 0.4) is 0 Å². The lowest BCUT2D eigenvalue weighted by atomic mass is 10.0. The first-order chi connectivity index (χ1) is 12.7. The maximum Gasteiger partial charge on any atom is 0.267 e. The molecule has 1 aromatic heterocycles. The summed E-state index contributed by atoms with van der Waals surface area (Å²) >= 11 is 0. The summed E-state index contributed by atoms with van der Waals surface area (Å²) in [5.74, 6) is -0.0560. The van der Waals surface area contributed by atoms with Crippen LogP contribution in [0.1, 0.15) is 17.2 Å². The number of halogens is 1. The molecule has 130 valence electrons. The van der Waals surface area contributed by atoms with E-state index in [4.69, 9.17) is 0 Å². The minimum atomic E-state index is -0.304. The van der Waals surface area contributed by atoms with Gasteiger partial charge >= 0.3 is 0 Å². The van der Waals surface area contributed by atoms with Crippen molar-refractivity contribution in [3.8, 4) is 0 Å². The van der Waals surface area contributed by atoms with Crippen molar-refractivity contribution in [2.24, 2.45) is 0 Å². The molecule has 0 radical (unpaired) electrons. The normalized spacial score (nSPS) is 15.6. The van der Waals surface area contributed by atoms with Crippen molar-refractivity contribution < 1.29 is 9.18 Å². The fourth-order valence-corrected chi connectivity index (χ4v) is 2.83. The molecule has 0 saturated carbocycles. The number of benzene rings is 2. The molecular weight excluding hydrogens is 333 g/mol. The smallest absolute Gasteiger partial charge is 0.267 e.